The highest BCUT2D eigenvalue weighted by molar-refractivity contribution is 6.38. The lowest BCUT2D eigenvalue weighted by Gasteiger charge is -2.01. The minimum Gasteiger partial charge on any atom is -0.497 e. The smallest absolute Gasteiger partial charge is 0.118 e. The highest BCUT2D eigenvalue weighted by atomic mass is 16.5. The van der Waals surface area contributed by atoms with Crippen molar-refractivity contribution in [3.8, 4) is 5.75 Å². The predicted octanol–water partition coefficient (Wildman–Crippen LogP) is 1.06. The third-order valence-corrected chi connectivity index (χ3v) is 1.78. The zero-order valence-electron chi connectivity index (χ0n) is 8.27. The fraction of sp³-hybridized carbons (Fsp3) is 0.200. The Kier molecular flexibility index (Phi) is 3.67. The van der Waals surface area contributed by atoms with Gasteiger partial charge in [-0.15, -0.1) is 0 Å². The number of hydrogen-bond acceptors (Lipinski definition) is 4. The topological polar surface area (TPSA) is 60.0 Å². The number of hydrogen-bond donors (Lipinski definition) is 1. The Labute approximate surface area is 83.1 Å². The van der Waals surface area contributed by atoms with Gasteiger partial charge >= 0.3 is 0 Å². The van der Waals surface area contributed by atoms with Crippen LogP contribution in [0.3, 0.4) is 0 Å². The molecule has 0 fully saturated rings. The molecule has 0 heterocycles. The third-order valence-electron chi connectivity index (χ3n) is 1.78. The molecule has 1 rings (SSSR count). The van der Waals surface area contributed by atoms with Gasteiger partial charge in [-0.05, 0) is 24.3 Å². The highest BCUT2D eigenvalue weighted by Crippen LogP contribution is 2.11. The normalized spacial score (nSPS) is 12.0. The van der Waals surface area contributed by atoms with Crippen LogP contribution in [0.1, 0.15) is 5.56 Å². The maximum atomic E-state index is 5.23. The largest absolute Gasteiger partial charge is 0.497 e. The van der Waals surface area contributed by atoms with E-state index in [1.807, 2.05) is 24.3 Å². The lowest BCUT2D eigenvalue weighted by molar-refractivity contribution is 0.415. The van der Waals surface area contributed by atoms with Crippen LogP contribution in [0.4, 0.5) is 0 Å². The van der Waals surface area contributed by atoms with Crippen LogP contribution in [0.2, 0.25) is 0 Å². The molecule has 2 N–H and O–H groups in total. The first-order chi connectivity index (χ1) is 6.81. The van der Waals surface area contributed by atoms with Crippen molar-refractivity contribution in [1.29, 1.82) is 0 Å². The van der Waals surface area contributed by atoms with Crippen molar-refractivity contribution in [2.75, 3.05) is 14.2 Å². The summed E-state index contributed by atoms with van der Waals surface area (Å²) in [6, 6.07) is 7.46. The van der Waals surface area contributed by atoms with E-state index in [2.05, 4.69) is 10.1 Å². The van der Waals surface area contributed by atoms with Crippen LogP contribution in [0.15, 0.2) is 34.4 Å². The van der Waals surface area contributed by atoms with Gasteiger partial charge in [0.1, 0.15) is 11.5 Å². The second kappa shape index (κ2) is 5.01. The Bertz CT molecular complexity index is 341. The number of rotatable bonds is 3. The number of ether oxygens (including phenoxy) is 1. The van der Waals surface area contributed by atoms with E-state index < -0.39 is 0 Å². The summed E-state index contributed by atoms with van der Waals surface area (Å²) < 4.78 is 5.04. The Morgan fingerprint density at radius 1 is 1.36 bits per heavy atom. The summed E-state index contributed by atoms with van der Waals surface area (Å²) in [5.74, 6) is 6.03. The molecule has 0 unspecified atom stereocenters. The summed E-state index contributed by atoms with van der Waals surface area (Å²) in [7, 11) is 3.30. The summed E-state index contributed by atoms with van der Waals surface area (Å²) >= 11 is 0. The molecule has 0 saturated carbocycles. The van der Waals surface area contributed by atoms with Crippen molar-refractivity contribution in [3.63, 3.8) is 0 Å². The molecule has 0 aromatic heterocycles. The summed E-state index contributed by atoms with van der Waals surface area (Å²) in [5, 5.41) is 3.63. The number of methoxy groups -OCH3 is 1. The van der Waals surface area contributed by atoms with Crippen LogP contribution in [-0.4, -0.2) is 26.1 Å². The highest BCUT2D eigenvalue weighted by Gasteiger charge is 1.99. The number of nitrogens with two attached hydrogens (primary N) is 1. The minimum atomic E-state index is 0.648. The molecule has 0 spiro atoms. The summed E-state index contributed by atoms with van der Waals surface area (Å²) in [5.41, 5.74) is 1.56. The monoisotopic (exact) mass is 191 g/mol. The van der Waals surface area contributed by atoms with E-state index in [4.69, 9.17) is 10.6 Å². The van der Waals surface area contributed by atoms with Crippen molar-refractivity contribution >= 4 is 11.9 Å². The van der Waals surface area contributed by atoms with Gasteiger partial charge in [-0.1, -0.05) is 0 Å². The van der Waals surface area contributed by atoms with Crippen molar-refractivity contribution < 1.29 is 4.74 Å². The fourth-order valence-electron chi connectivity index (χ4n) is 1.07. The van der Waals surface area contributed by atoms with Crippen molar-refractivity contribution in [2.45, 2.75) is 0 Å². The molecule has 74 valence electrons. The van der Waals surface area contributed by atoms with Gasteiger partial charge in [0.25, 0.3) is 0 Å². The third kappa shape index (κ3) is 2.32. The van der Waals surface area contributed by atoms with Crippen LogP contribution >= 0.6 is 0 Å². The van der Waals surface area contributed by atoms with Gasteiger partial charge in [-0.25, -0.2) is 0 Å². The standard InChI is InChI=1S/C10H13N3O/c1-12-7-10(13-11)8-3-5-9(14-2)6-4-8/h3-7H,11H2,1-2H3/b12-7?,13-10+. The van der Waals surface area contributed by atoms with E-state index in [1.54, 1.807) is 20.4 Å². The lowest BCUT2D eigenvalue weighted by Crippen LogP contribution is -2.05. The quantitative estimate of drug-likeness (QED) is 0.441. The maximum absolute atomic E-state index is 5.23. The molecule has 0 amide bonds. The summed E-state index contributed by atoms with van der Waals surface area (Å²) in [6.07, 6.45) is 1.61. The molecule has 1 aromatic carbocycles. The van der Waals surface area contributed by atoms with E-state index in [1.165, 1.54) is 0 Å². The minimum absolute atomic E-state index is 0.648. The molecule has 0 aliphatic rings. The Morgan fingerprint density at radius 2 is 2.00 bits per heavy atom. The molecule has 0 bridgehead atoms. The first kappa shape index (κ1) is 10.2. The zero-order valence-corrected chi connectivity index (χ0v) is 8.27. The fourth-order valence-corrected chi connectivity index (χ4v) is 1.07. The Hall–Kier alpha value is -1.84. The van der Waals surface area contributed by atoms with Crippen molar-refractivity contribution in [3.05, 3.63) is 29.8 Å². The number of aliphatic imine (C=N–C) groups is 1. The van der Waals surface area contributed by atoms with Gasteiger partial charge in [0.2, 0.25) is 0 Å². The van der Waals surface area contributed by atoms with Crippen LogP contribution in [-0.2, 0) is 0 Å². The molecular weight excluding hydrogens is 178 g/mol. The molecular formula is C10H13N3O. The van der Waals surface area contributed by atoms with E-state index >= 15 is 0 Å². The Balaban J connectivity index is 2.96. The maximum Gasteiger partial charge on any atom is 0.118 e. The SMILES string of the molecule is CN=C/C(=N\N)c1ccc(OC)cc1. The second-order valence-electron chi connectivity index (χ2n) is 2.63. The van der Waals surface area contributed by atoms with E-state index in [9.17, 15) is 0 Å². The van der Waals surface area contributed by atoms with Gasteiger partial charge in [0.15, 0.2) is 0 Å². The molecule has 1 aromatic rings. The number of hydrazone groups is 1. The Morgan fingerprint density at radius 3 is 2.43 bits per heavy atom. The number of nitrogens with zero attached hydrogens (tertiary/aromatic N) is 2. The molecule has 0 aliphatic carbocycles. The summed E-state index contributed by atoms with van der Waals surface area (Å²) in [6.45, 7) is 0. The first-order valence-corrected chi connectivity index (χ1v) is 4.16. The zero-order chi connectivity index (χ0) is 10.4. The van der Waals surface area contributed by atoms with Gasteiger partial charge < -0.3 is 10.6 Å². The van der Waals surface area contributed by atoms with Gasteiger partial charge in [-0.2, -0.15) is 5.10 Å². The van der Waals surface area contributed by atoms with Crippen molar-refractivity contribution in [1.82, 2.24) is 0 Å². The molecule has 0 aliphatic heterocycles. The van der Waals surface area contributed by atoms with E-state index in [-0.39, 0.29) is 0 Å². The summed E-state index contributed by atoms with van der Waals surface area (Å²) in [4.78, 5) is 3.86. The molecule has 4 heteroatoms. The average Bonchev–Trinajstić information content (AvgIpc) is 2.26. The van der Waals surface area contributed by atoms with Crippen LogP contribution in [0.5, 0.6) is 5.75 Å². The van der Waals surface area contributed by atoms with E-state index in [0.717, 1.165) is 11.3 Å². The average molecular weight is 191 g/mol. The van der Waals surface area contributed by atoms with Gasteiger partial charge in [0, 0.05) is 18.8 Å². The molecule has 0 atom stereocenters. The van der Waals surface area contributed by atoms with Crippen LogP contribution in [0, 0.1) is 0 Å². The van der Waals surface area contributed by atoms with Crippen LogP contribution < -0.4 is 10.6 Å². The van der Waals surface area contributed by atoms with Gasteiger partial charge in [0.05, 0.1) is 7.11 Å². The molecule has 4 nitrogen and oxygen atoms in total. The lowest BCUT2D eigenvalue weighted by atomic mass is 10.1. The van der Waals surface area contributed by atoms with Crippen molar-refractivity contribution in [2.24, 2.45) is 15.9 Å². The van der Waals surface area contributed by atoms with Gasteiger partial charge in [-0.3, -0.25) is 4.99 Å². The first-order valence-electron chi connectivity index (χ1n) is 4.16. The molecule has 14 heavy (non-hydrogen) atoms. The van der Waals surface area contributed by atoms with E-state index in [0.29, 0.717) is 5.71 Å². The van der Waals surface area contributed by atoms with Crippen LogP contribution in [0.25, 0.3) is 0 Å². The molecule has 0 radical (unpaired) electrons. The number of benzene rings is 1. The second-order valence-corrected chi connectivity index (χ2v) is 2.63. The predicted molar refractivity (Wildman–Crippen MR) is 58.1 cm³/mol. The molecule has 0 saturated heterocycles.